The van der Waals surface area contributed by atoms with Crippen molar-refractivity contribution in [2.75, 3.05) is 36.5 Å². The first-order chi connectivity index (χ1) is 11.1. The lowest BCUT2D eigenvalue weighted by atomic mass is 9.94. The molecular formula is C16H26N4O2S. The first-order valence-electron chi connectivity index (χ1n) is 8.41. The number of urea groups is 1. The second-order valence-corrected chi connectivity index (χ2v) is 7.72. The van der Waals surface area contributed by atoms with Gasteiger partial charge < -0.3 is 9.73 Å². The Morgan fingerprint density at radius 3 is 2.61 bits per heavy atom. The Hall–Kier alpha value is -1.21. The molecule has 3 rings (SSSR count). The van der Waals surface area contributed by atoms with E-state index in [2.05, 4.69) is 20.5 Å². The van der Waals surface area contributed by atoms with Crippen molar-refractivity contribution >= 4 is 23.8 Å². The standard InChI is InChI=1S/C16H26N4O2S/c1-12-13(2)22-15(18-12)19-14(21)17-11-16(5-3-4-6-16)20-7-9-23-10-8-20/h3-11H2,1-2H3,(H2,17,18,19,21). The monoisotopic (exact) mass is 338 g/mol. The van der Waals surface area contributed by atoms with E-state index in [0.29, 0.717) is 6.54 Å². The maximum Gasteiger partial charge on any atom is 0.322 e. The van der Waals surface area contributed by atoms with Crippen molar-refractivity contribution in [3.05, 3.63) is 11.5 Å². The molecule has 2 N–H and O–H groups in total. The Balaban J connectivity index is 1.57. The molecule has 1 saturated heterocycles. The summed E-state index contributed by atoms with van der Waals surface area (Å²) in [5.74, 6) is 3.13. The number of oxazole rings is 1. The minimum Gasteiger partial charge on any atom is -0.428 e. The van der Waals surface area contributed by atoms with Gasteiger partial charge in [0.1, 0.15) is 5.76 Å². The number of anilines is 1. The summed E-state index contributed by atoms with van der Waals surface area (Å²) < 4.78 is 5.40. The smallest absolute Gasteiger partial charge is 0.322 e. The van der Waals surface area contributed by atoms with Crippen LogP contribution >= 0.6 is 11.8 Å². The van der Waals surface area contributed by atoms with E-state index in [0.717, 1.165) is 24.5 Å². The number of aromatic nitrogens is 1. The molecule has 128 valence electrons. The molecule has 23 heavy (non-hydrogen) atoms. The summed E-state index contributed by atoms with van der Waals surface area (Å²) in [5.41, 5.74) is 0.944. The average Bonchev–Trinajstić information content (AvgIpc) is 3.15. The number of nitrogens with zero attached hydrogens (tertiary/aromatic N) is 2. The molecule has 0 bridgehead atoms. The summed E-state index contributed by atoms with van der Waals surface area (Å²) >= 11 is 2.02. The third-order valence-corrected chi connectivity index (χ3v) is 5.99. The first kappa shape index (κ1) is 16.6. The zero-order valence-corrected chi connectivity index (χ0v) is 14.8. The maximum absolute atomic E-state index is 12.2. The molecule has 0 unspecified atom stereocenters. The van der Waals surface area contributed by atoms with Crippen molar-refractivity contribution in [1.29, 1.82) is 0 Å². The van der Waals surface area contributed by atoms with E-state index >= 15 is 0 Å². The Morgan fingerprint density at radius 1 is 1.30 bits per heavy atom. The van der Waals surface area contributed by atoms with E-state index in [9.17, 15) is 4.79 Å². The van der Waals surface area contributed by atoms with Gasteiger partial charge in [-0.25, -0.2) is 4.79 Å². The van der Waals surface area contributed by atoms with Crippen molar-refractivity contribution in [3.8, 4) is 0 Å². The van der Waals surface area contributed by atoms with E-state index < -0.39 is 0 Å². The fourth-order valence-corrected chi connectivity index (χ4v) is 4.49. The number of amides is 2. The number of thioether (sulfide) groups is 1. The van der Waals surface area contributed by atoms with Crippen LogP contribution in [0.15, 0.2) is 4.42 Å². The zero-order valence-electron chi connectivity index (χ0n) is 14.0. The molecule has 0 aromatic carbocycles. The molecule has 0 radical (unpaired) electrons. The molecule has 7 heteroatoms. The highest BCUT2D eigenvalue weighted by Crippen LogP contribution is 2.36. The van der Waals surface area contributed by atoms with Crippen LogP contribution in [0, 0.1) is 13.8 Å². The third kappa shape index (κ3) is 3.83. The zero-order chi connectivity index (χ0) is 16.3. The van der Waals surface area contributed by atoms with Crippen LogP contribution in [0.2, 0.25) is 0 Å². The molecule has 2 aliphatic rings. The number of rotatable bonds is 4. The Bertz CT molecular complexity index is 529. The van der Waals surface area contributed by atoms with Crippen LogP contribution in [0.3, 0.4) is 0 Å². The number of nitrogens with one attached hydrogen (secondary N) is 2. The van der Waals surface area contributed by atoms with Crippen LogP contribution in [0.5, 0.6) is 0 Å². The van der Waals surface area contributed by atoms with Gasteiger partial charge in [-0.2, -0.15) is 16.7 Å². The summed E-state index contributed by atoms with van der Waals surface area (Å²) in [4.78, 5) is 18.9. The van der Waals surface area contributed by atoms with Crippen LogP contribution in [0.25, 0.3) is 0 Å². The largest absolute Gasteiger partial charge is 0.428 e. The molecule has 6 nitrogen and oxygen atoms in total. The predicted octanol–water partition coefficient (Wildman–Crippen LogP) is 2.77. The van der Waals surface area contributed by atoms with Gasteiger partial charge in [-0.15, -0.1) is 0 Å². The minimum absolute atomic E-state index is 0.140. The lowest BCUT2D eigenvalue weighted by molar-refractivity contribution is 0.105. The average molecular weight is 338 g/mol. The predicted molar refractivity (Wildman–Crippen MR) is 93.1 cm³/mol. The van der Waals surface area contributed by atoms with Crippen molar-refractivity contribution in [3.63, 3.8) is 0 Å². The SMILES string of the molecule is Cc1nc(NC(=O)NCC2(N3CCSCC3)CCCC2)oc1C. The summed E-state index contributed by atoms with van der Waals surface area (Å²) in [7, 11) is 0. The quantitative estimate of drug-likeness (QED) is 0.883. The normalized spacial score (nSPS) is 21.3. The van der Waals surface area contributed by atoms with Gasteiger partial charge in [0.25, 0.3) is 0 Å². The molecule has 2 amide bonds. The van der Waals surface area contributed by atoms with Gasteiger partial charge in [0.15, 0.2) is 0 Å². The number of aryl methyl sites for hydroxylation is 2. The van der Waals surface area contributed by atoms with Crippen LogP contribution in [0.1, 0.15) is 37.1 Å². The van der Waals surface area contributed by atoms with Gasteiger partial charge in [-0.05, 0) is 26.7 Å². The van der Waals surface area contributed by atoms with Crippen molar-refractivity contribution < 1.29 is 9.21 Å². The lowest BCUT2D eigenvalue weighted by Crippen LogP contribution is -2.56. The van der Waals surface area contributed by atoms with Gasteiger partial charge >= 0.3 is 12.0 Å². The topological polar surface area (TPSA) is 70.4 Å². The van der Waals surface area contributed by atoms with E-state index in [-0.39, 0.29) is 17.6 Å². The number of hydrogen-bond acceptors (Lipinski definition) is 5. The molecule has 2 fully saturated rings. The van der Waals surface area contributed by atoms with Crippen LogP contribution in [0.4, 0.5) is 10.8 Å². The molecule has 0 atom stereocenters. The van der Waals surface area contributed by atoms with E-state index in [1.54, 1.807) is 0 Å². The third-order valence-electron chi connectivity index (χ3n) is 5.04. The molecule has 1 aliphatic carbocycles. The highest BCUT2D eigenvalue weighted by atomic mass is 32.2. The van der Waals surface area contributed by atoms with Crippen LogP contribution in [-0.2, 0) is 0 Å². The number of carbonyl (C=O) groups is 1. The van der Waals surface area contributed by atoms with Crippen molar-refractivity contribution in [2.24, 2.45) is 0 Å². The van der Waals surface area contributed by atoms with Gasteiger partial charge in [-0.1, -0.05) is 12.8 Å². The summed E-state index contributed by atoms with van der Waals surface area (Å²) in [6.07, 6.45) is 4.86. The van der Waals surface area contributed by atoms with E-state index in [1.807, 2.05) is 25.6 Å². The summed E-state index contributed by atoms with van der Waals surface area (Å²) in [6, 6.07) is 0.0382. The molecule has 1 saturated carbocycles. The Kier molecular flexibility index (Phi) is 5.16. The van der Waals surface area contributed by atoms with E-state index in [1.165, 1.54) is 37.2 Å². The molecular weight excluding hydrogens is 312 g/mol. The van der Waals surface area contributed by atoms with Crippen LogP contribution in [-0.4, -0.2) is 52.6 Å². The van der Waals surface area contributed by atoms with Gasteiger partial charge in [0.2, 0.25) is 0 Å². The molecule has 1 aliphatic heterocycles. The van der Waals surface area contributed by atoms with Gasteiger partial charge in [-0.3, -0.25) is 10.2 Å². The molecule has 2 heterocycles. The summed E-state index contributed by atoms with van der Waals surface area (Å²) in [6.45, 7) is 6.66. The van der Waals surface area contributed by atoms with Crippen LogP contribution < -0.4 is 10.6 Å². The maximum atomic E-state index is 12.2. The van der Waals surface area contributed by atoms with Crippen molar-refractivity contribution in [1.82, 2.24) is 15.2 Å². The van der Waals surface area contributed by atoms with Gasteiger partial charge in [0.05, 0.1) is 5.69 Å². The van der Waals surface area contributed by atoms with Crippen molar-refractivity contribution in [2.45, 2.75) is 45.1 Å². The second kappa shape index (κ2) is 7.13. The minimum atomic E-state index is -0.232. The molecule has 1 aromatic rings. The molecule has 1 aromatic heterocycles. The fourth-order valence-electron chi connectivity index (χ4n) is 3.59. The van der Waals surface area contributed by atoms with Gasteiger partial charge in [0, 0.05) is 36.7 Å². The van der Waals surface area contributed by atoms with E-state index in [4.69, 9.17) is 4.42 Å². The second-order valence-electron chi connectivity index (χ2n) is 6.50. The Labute approximate surface area is 141 Å². The molecule has 0 spiro atoms. The Morgan fingerprint density at radius 2 is 2.00 bits per heavy atom. The number of carbonyl (C=O) groups excluding carboxylic acids is 1. The lowest BCUT2D eigenvalue weighted by Gasteiger charge is -2.43. The summed E-state index contributed by atoms with van der Waals surface area (Å²) in [5, 5.41) is 5.74. The number of hydrogen-bond donors (Lipinski definition) is 2. The first-order valence-corrected chi connectivity index (χ1v) is 9.56. The highest BCUT2D eigenvalue weighted by Gasteiger charge is 2.40. The highest BCUT2D eigenvalue weighted by molar-refractivity contribution is 7.99. The fraction of sp³-hybridized carbons (Fsp3) is 0.750.